The average Bonchev–Trinajstić information content (AvgIpc) is 2.69. The Morgan fingerprint density at radius 2 is 2.00 bits per heavy atom. The maximum atomic E-state index is 12.6. The van der Waals surface area contributed by atoms with E-state index in [2.05, 4.69) is 37.8 Å². The topological polar surface area (TPSA) is 112 Å². The van der Waals surface area contributed by atoms with Crippen LogP contribution in [0.15, 0.2) is 24.5 Å². The van der Waals surface area contributed by atoms with Crippen LogP contribution in [0.5, 0.6) is 0 Å². The van der Waals surface area contributed by atoms with Crippen LogP contribution in [0.2, 0.25) is 0 Å². The Morgan fingerprint density at radius 3 is 2.70 bits per heavy atom. The fraction of sp³-hybridized carbons (Fsp3) is 0.389. The van der Waals surface area contributed by atoms with E-state index in [0.29, 0.717) is 23.7 Å². The molecule has 0 saturated heterocycles. The molecule has 1 aromatic carbocycles. The predicted molar refractivity (Wildman–Crippen MR) is 105 cm³/mol. The molecule has 3 amide bonds. The first kappa shape index (κ1) is 20.1. The van der Waals surface area contributed by atoms with Crippen LogP contribution in [-0.2, 0) is 0 Å². The van der Waals surface area contributed by atoms with E-state index in [-0.39, 0.29) is 11.9 Å². The van der Waals surface area contributed by atoms with Crippen LogP contribution in [0, 0.1) is 6.92 Å². The molecule has 0 saturated carbocycles. The third-order valence-electron chi connectivity index (χ3n) is 3.94. The molecule has 0 atom stereocenters. The number of unbranched alkanes of at least 4 members (excludes halogenated alkanes) is 1. The van der Waals surface area contributed by atoms with Crippen molar-refractivity contribution in [2.45, 2.75) is 26.7 Å². The van der Waals surface area contributed by atoms with Gasteiger partial charge in [-0.1, -0.05) is 19.4 Å². The van der Waals surface area contributed by atoms with Crippen LogP contribution in [0.3, 0.4) is 0 Å². The zero-order valence-electron chi connectivity index (χ0n) is 16.0. The number of carbonyl (C=O) groups excluding carboxylic acids is 2. The zero-order chi connectivity index (χ0) is 19.8. The molecule has 2 aromatic rings. The van der Waals surface area contributed by atoms with Gasteiger partial charge in [0.05, 0.1) is 0 Å². The number of urea groups is 1. The van der Waals surface area contributed by atoms with Gasteiger partial charge in [-0.2, -0.15) is 4.98 Å². The number of rotatable bonds is 7. The maximum Gasteiger partial charge on any atom is 0.328 e. The molecule has 0 unspecified atom stereocenters. The van der Waals surface area contributed by atoms with Crippen LogP contribution in [0.1, 0.15) is 35.7 Å². The lowest BCUT2D eigenvalue weighted by atomic mass is 10.1. The minimum atomic E-state index is -0.421. The Balaban J connectivity index is 2.12. The van der Waals surface area contributed by atoms with Gasteiger partial charge in [-0.3, -0.25) is 9.69 Å². The summed E-state index contributed by atoms with van der Waals surface area (Å²) in [5.74, 6) is 0.406. The van der Waals surface area contributed by atoms with Gasteiger partial charge in [-0.15, -0.1) is 0 Å². The second-order valence-electron chi connectivity index (χ2n) is 5.99. The highest BCUT2D eigenvalue weighted by Crippen LogP contribution is 2.18. The van der Waals surface area contributed by atoms with Crippen molar-refractivity contribution in [1.29, 1.82) is 0 Å². The summed E-state index contributed by atoms with van der Waals surface area (Å²) < 4.78 is 0. The molecule has 0 fully saturated rings. The summed E-state index contributed by atoms with van der Waals surface area (Å²) >= 11 is 0. The Bertz CT molecular complexity index is 810. The average molecular weight is 371 g/mol. The van der Waals surface area contributed by atoms with E-state index >= 15 is 0 Å². The number of nitrogens with zero attached hydrogens (tertiary/aromatic N) is 4. The summed E-state index contributed by atoms with van der Waals surface area (Å²) in [4.78, 5) is 38.1. The van der Waals surface area contributed by atoms with Crippen LogP contribution in [-0.4, -0.2) is 47.5 Å². The molecule has 0 bridgehead atoms. The van der Waals surface area contributed by atoms with Crippen LogP contribution in [0.4, 0.5) is 22.4 Å². The second-order valence-corrected chi connectivity index (χ2v) is 5.99. The predicted octanol–water partition coefficient (Wildman–Crippen LogP) is 2.42. The van der Waals surface area contributed by atoms with Gasteiger partial charge in [-0.05, 0) is 31.0 Å². The first-order valence-electron chi connectivity index (χ1n) is 8.76. The Kier molecular flexibility index (Phi) is 7.04. The summed E-state index contributed by atoms with van der Waals surface area (Å²) in [7, 11) is 3.24. The normalized spacial score (nSPS) is 10.2. The van der Waals surface area contributed by atoms with Crippen molar-refractivity contribution >= 4 is 29.5 Å². The van der Waals surface area contributed by atoms with E-state index in [0.717, 1.165) is 18.4 Å². The van der Waals surface area contributed by atoms with E-state index in [1.807, 2.05) is 6.92 Å². The van der Waals surface area contributed by atoms with Crippen LogP contribution < -0.4 is 20.9 Å². The first-order valence-corrected chi connectivity index (χ1v) is 8.76. The number of carbonyl (C=O) groups is 2. The molecule has 1 heterocycles. The monoisotopic (exact) mass is 371 g/mol. The van der Waals surface area contributed by atoms with E-state index < -0.39 is 6.03 Å². The Morgan fingerprint density at radius 1 is 1.22 bits per heavy atom. The van der Waals surface area contributed by atoms with Gasteiger partial charge >= 0.3 is 6.03 Å². The van der Waals surface area contributed by atoms with E-state index in [4.69, 9.17) is 0 Å². The fourth-order valence-electron chi connectivity index (χ4n) is 2.24. The largest absolute Gasteiger partial charge is 0.357 e. The minimum Gasteiger partial charge on any atom is -0.357 e. The summed E-state index contributed by atoms with van der Waals surface area (Å²) in [6.07, 6.45) is 3.26. The number of aryl methyl sites for hydroxylation is 1. The van der Waals surface area contributed by atoms with Crippen LogP contribution >= 0.6 is 0 Å². The molecule has 2 rings (SSSR count). The number of aromatic nitrogens is 3. The summed E-state index contributed by atoms with van der Waals surface area (Å²) in [5.41, 5.74) is 1.89. The molecular formula is C18H25N7O2. The third kappa shape index (κ3) is 5.37. The lowest BCUT2D eigenvalue weighted by molar-refractivity contribution is 0.0953. The van der Waals surface area contributed by atoms with Gasteiger partial charge in [0.25, 0.3) is 5.91 Å². The standard InChI is InChI=1S/C18H25N7O2/c1-5-6-9-20-15(26)13-8-7-12(2)14(10-13)23-18(27)25(4)17-22-11-21-16(19-3)24-17/h7-8,10-11H,5-6,9H2,1-4H3,(H,20,26)(H,23,27)(H,19,21,22,24). The molecule has 0 radical (unpaired) electrons. The van der Waals surface area contributed by atoms with Crippen LogP contribution in [0.25, 0.3) is 0 Å². The highest BCUT2D eigenvalue weighted by molar-refractivity contribution is 6.02. The molecule has 0 aliphatic heterocycles. The second kappa shape index (κ2) is 9.46. The molecular weight excluding hydrogens is 346 g/mol. The van der Waals surface area contributed by atoms with Crippen molar-refractivity contribution in [2.24, 2.45) is 0 Å². The highest BCUT2D eigenvalue weighted by Gasteiger charge is 2.16. The van der Waals surface area contributed by atoms with E-state index in [9.17, 15) is 9.59 Å². The fourth-order valence-corrected chi connectivity index (χ4v) is 2.24. The third-order valence-corrected chi connectivity index (χ3v) is 3.94. The van der Waals surface area contributed by atoms with Crippen molar-refractivity contribution in [3.05, 3.63) is 35.7 Å². The van der Waals surface area contributed by atoms with Gasteiger partial charge in [-0.25, -0.2) is 14.8 Å². The molecule has 3 N–H and O–H groups in total. The lowest BCUT2D eigenvalue weighted by Gasteiger charge is -2.17. The number of hydrogen-bond acceptors (Lipinski definition) is 6. The van der Waals surface area contributed by atoms with Gasteiger partial charge in [0.1, 0.15) is 6.33 Å². The van der Waals surface area contributed by atoms with Gasteiger partial charge in [0.15, 0.2) is 0 Å². The molecule has 9 heteroatoms. The van der Waals surface area contributed by atoms with Crippen molar-refractivity contribution in [1.82, 2.24) is 20.3 Å². The maximum absolute atomic E-state index is 12.6. The van der Waals surface area contributed by atoms with Gasteiger partial charge < -0.3 is 16.0 Å². The number of benzene rings is 1. The Labute approximate surface area is 158 Å². The summed E-state index contributed by atoms with van der Waals surface area (Å²) in [6, 6.07) is 4.78. The summed E-state index contributed by atoms with van der Waals surface area (Å²) in [6.45, 7) is 4.55. The molecule has 0 aliphatic rings. The lowest BCUT2D eigenvalue weighted by Crippen LogP contribution is -2.33. The van der Waals surface area contributed by atoms with Crippen molar-refractivity contribution < 1.29 is 9.59 Å². The molecule has 0 aliphatic carbocycles. The van der Waals surface area contributed by atoms with Gasteiger partial charge in [0.2, 0.25) is 11.9 Å². The highest BCUT2D eigenvalue weighted by atomic mass is 16.2. The number of anilines is 3. The first-order chi connectivity index (χ1) is 13.0. The molecule has 144 valence electrons. The molecule has 9 nitrogen and oxygen atoms in total. The van der Waals surface area contributed by atoms with Gasteiger partial charge in [0, 0.05) is 31.9 Å². The zero-order valence-corrected chi connectivity index (χ0v) is 16.0. The SMILES string of the molecule is CCCCNC(=O)c1ccc(C)c(NC(=O)N(C)c2ncnc(NC)n2)c1. The van der Waals surface area contributed by atoms with Crippen molar-refractivity contribution in [3.63, 3.8) is 0 Å². The number of hydrogen-bond donors (Lipinski definition) is 3. The Hall–Kier alpha value is -3.23. The number of nitrogens with one attached hydrogen (secondary N) is 3. The quantitative estimate of drug-likeness (QED) is 0.645. The molecule has 1 aromatic heterocycles. The summed E-state index contributed by atoms with van der Waals surface area (Å²) in [5, 5.41) is 8.46. The smallest absolute Gasteiger partial charge is 0.328 e. The molecule has 27 heavy (non-hydrogen) atoms. The van der Waals surface area contributed by atoms with E-state index in [1.165, 1.54) is 11.2 Å². The van der Waals surface area contributed by atoms with Crippen molar-refractivity contribution in [2.75, 3.05) is 36.2 Å². The van der Waals surface area contributed by atoms with Crippen molar-refractivity contribution in [3.8, 4) is 0 Å². The molecule has 0 spiro atoms. The minimum absolute atomic E-state index is 0.163. The number of amides is 3. The van der Waals surface area contributed by atoms with E-state index in [1.54, 1.807) is 32.3 Å².